The Morgan fingerprint density at radius 3 is 1.15 bits per heavy atom. The molecule has 6 aliphatic rings. The summed E-state index contributed by atoms with van der Waals surface area (Å²) in [6, 6.07) is 57.0. The minimum Gasteiger partial charge on any atom is -0.378 e. The van der Waals surface area contributed by atoms with Gasteiger partial charge in [-0.3, -0.25) is 0 Å². The minimum atomic E-state index is -0.964. The van der Waals surface area contributed by atoms with Gasteiger partial charge in [0, 0.05) is 39.6 Å². The van der Waals surface area contributed by atoms with Crippen molar-refractivity contribution in [1.29, 1.82) is 0 Å². The molecule has 0 radical (unpaired) electrons. The van der Waals surface area contributed by atoms with Gasteiger partial charge in [0.15, 0.2) is 0 Å². The molecule has 7 aromatic carbocycles. The molecule has 4 bridgehead atoms. The fourth-order valence-electron chi connectivity index (χ4n) is 11.5. The maximum atomic E-state index is 14.3. The van der Waals surface area contributed by atoms with Crippen LogP contribution in [-0.4, -0.2) is 56.1 Å². The Kier molecular flexibility index (Phi) is 8.58. The maximum absolute atomic E-state index is 14.3. The van der Waals surface area contributed by atoms with E-state index in [9.17, 15) is 19.2 Å². The Bertz CT molecular complexity index is 3620. The zero-order valence-corrected chi connectivity index (χ0v) is 37.6. The predicted molar refractivity (Wildman–Crippen MR) is 261 cm³/mol. The van der Waals surface area contributed by atoms with Gasteiger partial charge in [-0.15, -0.1) is 0 Å². The van der Waals surface area contributed by atoms with Gasteiger partial charge in [0.1, 0.15) is 23.2 Å². The Morgan fingerprint density at radius 2 is 0.731 bits per heavy atom. The molecule has 0 atom stereocenters. The summed E-state index contributed by atoms with van der Waals surface area (Å²) in [6.45, 7) is 2.04. The number of hydrogen-bond acceptors (Lipinski definition) is 6. The molecule has 0 saturated heterocycles. The predicted octanol–water partition coefficient (Wildman–Crippen LogP) is 6.91. The number of benzene rings is 7. The molecule has 0 saturated carbocycles. The van der Waals surface area contributed by atoms with Crippen LogP contribution in [0.25, 0.3) is 11.4 Å². The number of rotatable bonds is 5. The van der Waals surface area contributed by atoms with E-state index in [4.69, 9.17) is 0 Å². The number of aromatic nitrogens is 6. The minimum absolute atomic E-state index is 0.317. The first-order chi connectivity index (χ1) is 32.5. The van der Waals surface area contributed by atoms with E-state index in [2.05, 4.69) is 48.5 Å². The van der Waals surface area contributed by atoms with Gasteiger partial charge >= 0.3 is 22.8 Å². The first-order valence-electron chi connectivity index (χ1n) is 22.4. The van der Waals surface area contributed by atoms with Crippen molar-refractivity contribution < 1.29 is 0 Å². The van der Waals surface area contributed by atoms with Crippen molar-refractivity contribution in [3.63, 3.8) is 0 Å². The number of hydrogen-bond donors (Lipinski definition) is 0. The van der Waals surface area contributed by atoms with Crippen LogP contribution in [0.2, 0.25) is 0 Å². The van der Waals surface area contributed by atoms with E-state index >= 15 is 0 Å². The monoisotopic (exact) mass is 882 g/mol. The molecule has 9 aromatic rings. The first-order valence-corrected chi connectivity index (χ1v) is 22.4. The molecule has 12 nitrogen and oxygen atoms in total. The van der Waals surface area contributed by atoms with Gasteiger partial charge in [0.05, 0.1) is 11.4 Å². The van der Waals surface area contributed by atoms with Crippen LogP contribution in [0, 0.1) is 0 Å². The molecule has 0 spiro atoms. The third-order valence-corrected chi connectivity index (χ3v) is 14.5. The van der Waals surface area contributed by atoms with Gasteiger partial charge in [-0.05, 0) is 106 Å². The van der Waals surface area contributed by atoms with Crippen molar-refractivity contribution in [3.8, 4) is 11.4 Å². The van der Waals surface area contributed by atoms with Crippen LogP contribution < -0.4 is 32.6 Å². The smallest absolute Gasteiger partial charge is 0.353 e. The van der Waals surface area contributed by atoms with Crippen LogP contribution >= 0.6 is 0 Å². The fourth-order valence-corrected chi connectivity index (χ4v) is 11.5. The Labute approximate surface area is 385 Å². The zero-order valence-electron chi connectivity index (χ0n) is 37.6. The molecule has 0 N–H and O–H groups in total. The standard InChI is InChI=1S/C30H24N4O2.C25H22N4O2/c1-31(2)21-16-18-22(19-17-21)32-28(35)33-27-23-12-6-8-14-25(23)30(34(33)29(32)36,20-10-4-3-5-11-20)26-15-9-7-13-24(26)27;1-25-20-10-6-4-8-18(20)22(19-9-5-7-11-21(19)25)28-23(30)27(24(31)29(25)28)17-14-12-16(13-15-17)26(2)3/h3-19,27H,1-2H3;4-15,22H,1-3H3. The summed E-state index contributed by atoms with van der Waals surface area (Å²) in [6.07, 6.45) is 0. The Morgan fingerprint density at radius 1 is 0.388 bits per heavy atom. The summed E-state index contributed by atoms with van der Waals surface area (Å²) in [5, 5.41) is 0. The van der Waals surface area contributed by atoms with Crippen LogP contribution in [-0.2, 0) is 11.1 Å². The SMILES string of the molecule is CN(C)c1ccc(-n2c(=O)n3n(c2=O)C2(C)c4ccccc4C3c3ccccc32)cc1.CN(C)c1ccc(-n2c(=O)n3n(c2=O)C2(c4ccccc4)c4ccccc4C3c3ccccc32)cc1. The molecule has 330 valence electrons. The molecule has 6 heterocycles. The van der Waals surface area contributed by atoms with E-state index in [0.717, 1.165) is 61.4 Å². The van der Waals surface area contributed by atoms with Crippen molar-refractivity contribution >= 4 is 11.4 Å². The molecule has 2 aromatic heterocycles. The highest BCUT2D eigenvalue weighted by molar-refractivity contribution is 5.64. The van der Waals surface area contributed by atoms with Crippen molar-refractivity contribution in [2.75, 3.05) is 38.0 Å². The molecular formula is C55H46N8O4. The lowest BCUT2D eigenvalue weighted by atomic mass is 9.66. The molecular weight excluding hydrogens is 837 g/mol. The van der Waals surface area contributed by atoms with E-state index in [1.807, 2.05) is 172 Å². The molecule has 2 aliphatic carbocycles. The van der Waals surface area contributed by atoms with E-state index in [-0.39, 0.29) is 34.8 Å². The largest absolute Gasteiger partial charge is 0.378 e. The van der Waals surface area contributed by atoms with Gasteiger partial charge in [-0.1, -0.05) is 127 Å². The molecule has 15 rings (SSSR count). The molecule has 67 heavy (non-hydrogen) atoms. The topological polar surface area (TPSA) is 104 Å². The van der Waals surface area contributed by atoms with Crippen molar-refractivity contribution in [1.82, 2.24) is 27.9 Å². The second-order valence-electron chi connectivity index (χ2n) is 18.2. The molecule has 4 aliphatic heterocycles. The summed E-state index contributed by atoms with van der Waals surface area (Å²) in [4.78, 5) is 59.9. The van der Waals surface area contributed by atoms with Gasteiger partial charge in [0.2, 0.25) is 0 Å². The van der Waals surface area contributed by atoms with Crippen LogP contribution in [0.1, 0.15) is 69.1 Å². The highest BCUT2D eigenvalue weighted by atomic mass is 16.2. The normalized spacial score (nSPS) is 19.5. The van der Waals surface area contributed by atoms with Gasteiger partial charge in [-0.25, -0.2) is 47.0 Å². The summed E-state index contributed by atoms with van der Waals surface area (Å²) < 4.78 is 9.27. The van der Waals surface area contributed by atoms with Crippen LogP contribution in [0.15, 0.2) is 195 Å². The quantitative estimate of drug-likeness (QED) is 0.186. The number of anilines is 2. The molecule has 12 heteroatoms. The summed E-state index contributed by atoms with van der Waals surface area (Å²) >= 11 is 0. The third kappa shape index (κ3) is 5.17. The van der Waals surface area contributed by atoms with Crippen LogP contribution in [0.3, 0.4) is 0 Å². The fraction of sp³-hybridized carbons (Fsp3) is 0.164. The zero-order chi connectivity index (χ0) is 46.1. The summed E-state index contributed by atoms with van der Waals surface area (Å²) in [7, 11) is 7.84. The van der Waals surface area contributed by atoms with E-state index in [1.165, 1.54) is 9.13 Å². The lowest BCUT2D eigenvalue weighted by Crippen LogP contribution is -2.56. The highest BCUT2D eigenvalue weighted by Gasteiger charge is 2.56. The lowest BCUT2D eigenvalue weighted by molar-refractivity contribution is 0.262. The van der Waals surface area contributed by atoms with E-state index in [0.29, 0.717) is 11.4 Å². The third-order valence-electron chi connectivity index (χ3n) is 14.5. The second-order valence-corrected chi connectivity index (χ2v) is 18.2. The first kappa shape index (κ1) is 40.2. The maximum Gasteiger partial charge on any atom is 0.353 e. The molecule has 0 unspecified atom stereocenters. The molecule has 0 fully saturated rings. The summed E-state index contributed by atoms with van der Waals surface area (Å²) in [5.41, 5.74) is 9.47. The van der Waals surface area contributed by atoms with Gasteiger partial charge in [0.25, 0.3) is 0 Å². The number of nitrogens with zero attached hydrogens (tertiary/aromatic N) is 8. The Hall–Kier alpha value is -8.38. The van der Waals surface area contributed by atoms with Crippen LogP contribution in [0.4, 0.5) is 11.4 Å². The average molecular weight is 883 g/mol. The van der Waals surface area contributed by atoms with E-state index in [1.54, 1.807) is 18.7 Å². The molecule has 0 amide bonds. The van der Waals surface area contributed by atoms with Gasteiger partial charge in [-0.2, -0.15) is 0 Å². The van der Waals surface area contributed by atoms with Crippen LogP contribution in [0.5, 0.6) is 0 Å². The second kappa shape index (κ2) is 14.3. The lowest BCUT2D eigenvalue weighted by Gasteiger charge is -2.50. The van der Waals surface area contributed by atoms with Crippen molar-refractivity contribution in [2.24, 2.45) is 0 Å². The van der Waals surface area contributed by atoms with Crippen molar-refractivity contribution in [2.45, 2.75) is 30.1 Å². The Balaban J connectivity index is 0.000000141. The van der Waals surface area contributed by atoms with E-state index < -0.39 is 11.1 Å². The highest BCUT2D eigenvalue weighted by Crippen LogP contribution is 2.55. The average Bonchev–Trinajstić information content (AvgIpc) is 3.79. The summed E-state index contributed by atoms with van der Waals surface area (Å²) in [5.74, 6) is 0. The van der Waals surface area contributed by atoms with Gasteiger partial charge < -0.3 is 9.80 Å². The van der Waals surface area contributed by atoms with Crippen molar-refractivity contribution in [3.05, 3.63) is 268 Å².